The van der Waals surface area contributed by atoms with E-state index in [1.54, 1.807) is 89.9 Å². The molecule has 23 N–H and O–H groups in total. The lowest BCUT2D eigenvalue weighted by molar-refractivity contribution is -0.141. The van der Waals surface area contributed by atoms with Crippen molar-refractivity contribution in [3.8, 4) is 0 Å². The summed E-state index contributed by atoms with van der Waals surface area (Å²) in [7, 11) is 1.56. The predicted molar refractivity (Wildman–Crippen MR) is 357 cm³/mol. The zero-order valence-corrected chi connectivity index (χ0v) is 56.5. The number of H-pyrrole nitrogens is 1. The van der Waals surface area contributed by atoms with E-state index in [2.05, 4.69) is 73.8 Å². The lowest BCUT2D eigenvalue weighted by Gasteiger charge is -2.29. The standard InChI is InChI=1S/C63H101N21O13/c1-33(2)25-44-54(89)56(91)46(26-34(3)4)82-81-43(59(94)73-40(21-22-50(64)85)53(88)55(90)45(79-69)29-51(65)86)19-13-15-37-32-84(83-80-37)24-12-8-9-18-41(70-7)57(92)78-49(30-52(66)87)62(97)76-47(27-35(5)6)60(95)77-48(28-36-31-72-39-17-11-10-16-38(36)39)61(96)74-42(58(93)75-44)20-14-23-71-63(67)68/h10-11,16-17,31-35,40-49,70,72,79,81-82H,8-9,12-15,18-30,69H2,1-7H3,(H2,64,85)(H2,65,86)(H2,66,87)(H,73,94)(H,74,96)(H,75,93)(H,76,97)(H,77,95)(H,78,92)(H4,67,68,71)/t40-,41+,42?,43-,44-,45-,46+,47?,48-,49-/m0/s1. The number of guanidine groups is 1. The van der Waals surface area contributed by atoms with Gasteiger partial charge in [-0.25, -0.2) is 16.3 Å². The Labute approximate surface area is 563 Å². The molecule has 0 fully saturated rings. The lowest BCUT2D eigenvalue weighted by atomic mass is 9.92. The van der Waals surface area contributed by atoms with Crippen molar-refractivity contribution in [2.24, 2.45) is 57.3 Å². The number of amides is 9. The van der Waals surface area contributed by atoms with Gasteiger partial charge in [-0.1, -0.05) is 77.8 Å². The topological polar surface area (TPSA) is 557 Å². The van der Waals surface area contributed by atoms with E-state index in [0.717, 1.165) is 0 Å². The first-order chi connectivity index (χ1) is 45.9. The highest BCUT2D eigenvalue weighted by molar-refractivity contribution is 6.42. The van der Waals surface area contributed by atoms with E-state index in [0.29, 0.717) is 54.4 Å². The molecular weight excluding hydrogens is 1260 g/mol. The number of aryl methyl sites for hydroxylation is 2. The summed E-state index contributed by atoms with van der Waals surface area (Å²) < 4.78 is 1.61. The number of likely N-dealkylation sites (N-methyl/N-ethyl adjacent to an activating group) is 1. The van der Waals surface area contributed by atoms with Crippen LogP contribution in [0.4, 0.5) is 0 Å². The molecule has 9 amide bonds. The van der Waals surface area contributed by atoms with Crippen LogP contribution in [0.1, 0.15) is 149 Å². The van der Waals surface area contributed by atoms with Gasteiger partial charge < -0.3 is 70.9 Å². The number of nitrogens with one attached hydrogen (secondary N) is 11. The molecule has 0 saturated heterocycles. The van der Waals surface area contributed by atoms with Gasteiger partial charge in [-0.05, 0) is 107 Å². The number of Topliss-reactive ketones (excluding diaryl/α,β-unsaturated/α-hetero) is 4. The Morgan fingerprint density at radius 3 is 1.88 bits per heavy atom. The number of benzene rings is 1. The fourth-order valence-electron chi connectivity index (χ4n) is 11.1. The van der Waals surface area contributed by atoms with Crippen molar-refractivity contribution >= 4 is 93.2 Å². The second-order valence-corrected chi connectivity index (χ2v) is 25.7. The molecule has 0 saturated carbocycles. The van der Waals surface area contributed by atoms with E-state index in [1.165, 1.54) is 0 Å². The van der Waals surface area contributed by atoms with Crippen molar-refractivity contribution in [3.63, 3.8) is 0 Å². The summed E-state index contributed by atoms with van der Waals surface area (Å²) in [5, 5.41) is 28.3. The highest BCUT2D eigenvalue weighted by atomic mass is 16.2. The number of hydrogen-bond acceptors (Lipinski definition) is 21. The van der Waals surface area contributed by atoms with Gasteiger partial charge in [-0.3, -0.25) is 77.8 Å². The van der Waals surface area contributed by atoms with Crippen molar-refractivity contribution in [1.29, 1.82) is 0 Å². The van der Waals surface area contributed by atoms with Crippen LogP contribution in [0.25, 0.3) is 10.9 Å². The van der Waals surface area contributed by atoms with Crippen molar-refractivity contribution in [1.82, 2.24) is 73.5 Å². The maximum Gasteiger partial charge on any atom is 0.243 e. The van der Waals surface area contributed by atoms with Gasteiger partial charge in [0.15, 0.2) is 5.96 Å². The Kier molecular flexibility index (Phi) is 33.5. The van der Waals surface area contributed by atoms with E-state index in [1.807, 2.05) is 0 Å². The van der Waals surface area contributed by atoms with Gasteiger partial charge in [0.2, 0.25) is 76.3 Å². The van der Waals surface area contributed by atoms with Crippen LogP contribution in [0.2, 0.25) is 0 Å². The van der Waals surface area contributed by atoms with Gasteiger partial charge in [0.25, 0.3) is 0 Å². The Hall–Kier alpha value is -9.12. The fraction of sp³-hybridized carbons (Fsp3) is 0.619. The molecule has 10 atom stereocenters. The number of nitrogens with two attached hydrogens (primary N) is 6. The highest BCUT2D eigenvalue weighted by Gasteiger charge is 2.39. The molecule has 1 aliphatic rings. The van der Waals surface area contributed by atoms with Crippen molar-refractivity contribution in [2.75, 3.05) is 13.6 Å². The van der Waals surface area contributed by atoms with E-state index in [-0.39, 0.29) is 88.0 Å². The number of hydrazine groups is 2. The molecule has 1 aliphatic heterocycles. The maximum atomic E-state index is 15.0. The Morgan fingerprint density at radius 2 is 1.24 bits per heavy atom. The summed E-state index contributed by atoms with van der Waals surface area (Å²) >= 11 is 0. The number of hydrogen-bond donors (Lipinski definition) is 17. The third-order valence-electron chi connectivity index (χ3n) is 16.1. The van der Waals surface area contributed by atoms with Crippen molar-refractivity contribution in [3.05, 3.63) is 47.9 Å². The Balaban J connectivity index is 1.85. The van der Waals surface area contributed by atoms with Crippen LogP contribution in [-0.4, -0.2) is 176 Å². The average Bonchev–Trinajstić information content (AvgIpc) is 1.74. The van der Waals surface area contributed by atoms with Crippen LogP contribution in [0.3, 0.4) is 0 Å². The monoisotopic (exact) mass is 1360 g/mol. The molecule has 34 heteroatoms. The Bertz CT molecular complexity index is 3230. The Morgan fingerprint density at radius 1 is 0.649 bits per heavy atom. The van der Waals surface area contributed by atoms with E-state index < -0.39 is 162 Å². The molecule has 536 valence electrons. The number of aliphatic imine (C=N–C) groups is 1. The zero-order valence-electron chi connectivity index (χ0n) is 56.5. The van der Waals surface area contributed by atoms with Gasteiger partial charge in [0.05, 0.1) is 54.8 Å². The number of carbonyl (C=O) groups is 13. The SMILES string of the molecule is CN[C@@H]1CCCCCn2cc(nn2)CCC[C@@H](C(=O)N[C@@H](CCC(N)=O)C(=O)C(=O)[C@H](CC(N)=O)NN)NN[C@H](CC(C)C)C(=O)C(=O)[C@H](CC(C)C)NC(=O)C(CCCN=C(N)N)NC(=O)[C@H](Cc2c[nH]c3ccccc23)NC(=O)C(CC(C)C)NC(=O)[C@H](CC(N)=O)NC1=O. The lowest BCUT2D eigenvalue weighted by Crippen LogP contribution is -2.61. The van der Waals surface area contributed by atoms with Gasteiger partial charge in [0, 0.05) is 49.2 Å². The molecule has 3 heterocycles. The van der Waals surface area contributed by atoms with Crippen LogP contribution < -0.4 is 88.0 Å². The number of ketones is 4. The van der Waals surface area contributed by atoms with Crippen LogP contribution in [0, 0.1) is 17.8 Å². The number of nitrogens with zero attached hydrogens (tertiary/aromatic N) is 4. The summed E-state index contributed by atoms with van der Waals surface area (Å²) in [4.78, 5) is 188. The van der Waals surface area contributed by atoms with E-state index in [9.17, 15) is 57.5 Å². The molecule has 2 aromatic heterocycles. The fourth-order valence-corrected chi connectivity index (χ4v) is 11.1. The van der Waals surface area contributed by atoms with Crippen LogP contribution >= 0.6 is 0 Å². The van der Waals surface area contributed by atoms with Crippen molar-refractivity contribution < 1.29 is 62.3 Å². The molecule has 97 heavy (non-hydrogen) atoms. The number of para-hydroxylation sites is 1. The predicted octanol–water partition coefficient (Wildman–Crippen LogP) is -3.46. The minimum Gasteiger partial charge on any atom is -0.370 e. The molecule has 3 aromatic rings. The van der Waals surface area contributed by atoms with Gasteiger partial charge in [-0.15, -0.1) is 5.10 Å². The summed E-state index contributed by atoms with van der Waals surface area (Å²) in [5.41, 5.74) is 37.2. The zero-order chi connectivity index (χ0) is 72.1. The number of primary amides is 3. The summed E-state index contributed by atoms with van der Waals surface area (Å²) in [6.07, 6.45) is 3.10. The highest BCUT2D eigenvalue weighted by Crippen LogP contribution is 2.21. The number of rotatable bonds is 26. The van der Waals surface area contributed by atoms with Crippen LogP contribution in [0.15, 0.2) is 41.7 Å². The quantitative estimate of drug-likeness (QED) is 0.00928. The number of aromatic amines is 1. The maximum absolute atomic E-state index is 15.0. The van der Waals surface area contributed by atoms with Crippen molar-refractivity contribution in [2.45, 2.75) is 218 Å². The second kappa shape index (κ2) is 40.4. The van der Waals surface area contributed by atoms with E-state index >= 15 is 4.79 Å². The molecule has 0 aliphatic carbocycles. The third-order valence-corrected chi connectivity index (χ3v) is 16.1. The average molecular weight is 1360 g/mol. The molecule has 0 radical (unpaired) electrons. The molecule has 1 aromatic carbocycles. The second-order valence-electron chi connectivity index (χ2n) is 25.7. The first-order valence-corrected chi connectivity index (χ1v) is 32.9. The summed E-state index contributed by atoms with van der Waals surface area (Å²) in [5.74, 6) is -8.07. The largest absolute Gasteiger partial charge is 0.370 e. The minimum atomic E-state index is -1.69. The first kappa shape index (κ1) is 80.3. The van der Waals surface area contributed by atoms with Gasteiger partial charge in [0.1, 0.15) is 24.2 Å². The normalized spacial score (nSPS) is 22.1. The molecule has 2 bridgehead atoms. The van der Waals surface area contributed by atoms with Crippen LogP contribution in [0.5, 0.6) is 0 Å². The summed E-state index contributed by atoms with van der Waals surface area (Å²) in [6.45, 7) is 11.0. The smallest absolute Gasteiger partial charge is 0.243 e. The third kappa shape index (κ3) is 27.5. The van der Waals surface area contributed by atoms with Gasteiger partial charge in [-0.2, -0.15) is 0 Å². The van der Waals surface area contributed by atoms with E-state index in [4.69, 9.17) is 34.5 Å². The number of carbonyl (C=O) groups excluding carboxylic acids is 13. The summed E-state index contributed by atoms with van der Waals surface area (Å²) in [6, 6.07) is -7.10. The van der Waals surface area contributed by atoms with Gasteiger partial charge >= 0.3 is 0 Å². The molecule has 4 rings (SSSR count). The molecule has 2 unspecified atom stereocenters. The molecule has 0 spiro atoms. The number of aromatic nitrogens is 4. The van der Waals surface area contributed by atoms with Crippen LogP contribution in [-0.2, 0) is 81.7 Å². The first-order valence-electron chi connectivity index (χ1n) is 32.9. The minimum absolute atomic E-state index is 0.00634. The number of fused-ring (bicyclic) bond motifs is 3. The molecular formula is C63H101N21O13. The molecule has 34 nitrogen and oxygen atoms in total.